The summed E-state index contributed by atoms with van der Waals surface area (Å²) in [6.07, 6.45) is -1.96. The van der Waals surface area contributed by atoms with Gasteiger partial charge in [-0.15, -0.1) is 11.8 Å². The fourth-order valence-corrected chi connectivity index (χ4v) is 5.03. The van der Waals surface area contributed by atoms with Crippen molar-refractivity contribution in [2.45, 2.75) is 33.9 Å². The lowest BCUT2D eigenvalue weighted by Crippen LogP contribution is -2.60. The molecule has 0 aromatic heterocycles. The van der Waals surface area contributed by atoms with Crippen LogP contribution in [0.1, 0.15) is 0 Å². The highest BCUT2D eigenvalue weighted by Crippen LogP contribution is 2.44. The first-order valence-electron chi connectivity index (χ1n) is 6.10. The molecule has 1 aromatic rings. The Kier molecular flexibility index (Phi) is 3.91. The van der Waals surface area contributed by atoms with E-state index in [0.29, 0.717) is 5.75 Å². The number of thioether (sulfide) groups is 2. The van der Waals surface area contributed by atoms with Crippen molar-refractivity contribution >= 4 is 29.2 Å². The van der Waals surface area contributed by atoms with Crippen molar-refractivity contribution in [2.75, 3.05) is 5.75 Å². The van der Waals surface area contributed by atoms with Crippen LogP contribution < -0.4 is 0 Å². The molecule has 3 aliphatic rings. The van der Waals surface area contributed by atoms with E-state index in [1.54, 1.807) is 23.9 Å². The van der Waals surface area contributed by atoms with E-state index in [-0.39, 0.29) is 22.5 Å². The molecular formula is C12H13NO5S2. The van der Waals surface area contributed by atoms with Crippen LogP contribution in [0.15, 0.2) is 29.2 Å². The summed E-state index contributed by atoms with van der Waals surface area (Å²) < 4.78 is 5.75. The number of rotatable bonds is 3. The Morgan fingerprint density at radius 1 is 1.30 bits per heavy atom. The van der Waals surface area contributed by atoms with Crippen molar-refractivity contribution < 1.29 is 19.9 Å². The first-order chi connectivity index (χ1) is 9.56. The van der Waals surface area contributed by atoms with Gasteiger partial charge in [-0.1, -0.05) is 11.8 Å². The van der Waals surface area contributed by atoms with Gasteiger partial charge in [-0.2, -0.15) is 0 Å². The van der Waals surface area contributed by atoms with Gasteiger partial charge >= 0.3 is 0 Å². The van der Waals surface area contributed by atoms with Gasteiger partial charge < -0.3 is 14.9 Å². The summed E-state index contributed by atoms with van der Waals surface area (Å²) >= 11 is 3.01. The second-order valence-electron chi connectivity index (χ2n) is 4.69. The second kappa shape index (κ2) is 5.53. The van der Waals surface area contributed by atoms with Gasteiger partial charge in [0.25, 0.3) is 5.69 Å². The number of hydrogen-bond acceptors (Lipinski definition) is 7. The van der Waals surface area contributed by atoms with Gasteiger partial charge in [0.05, 0.1) is 22.4 Å². The Hall–Kier alpha value is -0.800. The minimum absolute atomic E-state index is 0.0465. The normalized spacial score (nSPS) is 36.0. The Bertz CT molecular complexity index is 509. The monoisotopic (exact) mass is 315 g/mol. The van der Waals surface area contributed by atoms with Gasteiger partial charge in [-0.25, -0.2) is 0 Å². The number of aliphatic hydroxyl groups excluding tert-OH is 2. The first-order valence-corrected chi connectivity index (χ1v) is 8.03. The quantitative estimate of drug-likeness (QED) is 0.640. The summed E-state index contributed by atoms with van der Waals surface area (Å²) in [5.41, 5.74) is -0.205. The van der Waals surface area contributed by atoms with Gasteiger partial charge in [-0.3, -0.25) is 10.1 Å². The molecule has 108 valence electrons. The van der Waals surface area contributed by atoms with Crippen LogP contribution in [0.2, 0.25) is 0 Å². The molecule has 0 unspecified atom stereocenters. The summed E-state index contributed by atoms with van der Waals surface area (Å²) in [6.45, 7) is 0. The van der Waals surface area contributed by atoms with Gasteiger partial charge in [-0.05, 0) is 12.1 Å². The van der Waals surface area contributed by atoms with Crippen molar-refractivity contribution in [1.29, 1.82) is 0 Å². The topological polar surface area (TPSA) is 92.8 Å². The van der Waals surface area contributed by atoms with Crippen LogP contribution in [0.25, 0.3) is 0 Å². The number of benzene rings is 1. The largest absolute Gasteiger partial charge is 0.389 e. The first kappa shape index (κ1) is 14.2. The molecule has 1 aromatic carbocycles. The minimum Gasteiger partial charge on any atom is -0.389 e. The molecule has 6 nitrogen and oxygen atoms in total. The summed E-state index contributed by atoms with van der Waals surface area (Å²) in [5, 5.41) is 30.2. The predicted octanol–water partition coefficient (Wildman–Crippen LogP) is 1.25. The molecule has 3 fully saturated rings. The number of non-ortho nitro benzene ring substituents is 1. The van der Waals surface area contributed by atoms with Crippen LogP contribution in [0.3, 0.4) is 0 Å². The zero-order valence-electron chi connectivity index (χ0n) is 10.3. The second-order valence-corrected chi connectivity index (χ2v) is 7.07. The molecule has 0 aliphatic carbocycles. The van der Waals surface area contributed by atoms with Crippen molar-refractivity contribution in [3.8, 4) is 0 Å². The van der Waals surface area contributed by atoms with Crippen LogP contribution in [-0.4, -0.2) is 49.9 Å². The van der Waals surface area contributed by atoms with E-state index in [1.807, 2.05) is 0 Å². The third kappa shape index (κ3) is 2.53. The number of nitro groups is 1. The SMILES string of the molecule is O=[N+]([O-])c1ccc(S[C@@H]2O[C@@H]3CS[C@H]2[C@@H](O)[C@@H]3O)cc1. The highest BCUT2D eigenvalue weighted by Gasteiger charge is 2.49. The molecule has 3 aliphatic heterocycles. The highest BCUT2D eigenvalue weighted by atomic mass is 32.2. The van der Waals surface area contributed by atoms with Crippen molar-refractivity contribution in [1.82, 2.24) is 0 Å². The van der Waals surface area contributed by atoms with Crippen molar-refractivity contribution in [3.63, 3.8) is 0 Å². The number of ether oxygens (including phenoxy) is 1. The maximum atomic E-state index is 10.6. The summed E-state index contributed by atoms with van der Waals surface area (Å²) in [7, 11) is 0. The number of fused-ring (bicyclic) bond motifs is 3. The molecule has 0 radical (unpaired) electrons. The van der Waals surface area contributed by atoms with Gasteiger partial charge in [0.2, 0.25) is 0 Å². The third-order valence-corrected chi connectivity index (χ3v) is 6.18. The standard InChI is InChI=1S/C12H13NO5S2/c14-9-8-5-19-11(10(9)15)12(18-8)20-7-3-1-6(2-4-7)13(16)17/h1-4,8-12,14-15H,5H2/t8-,9-,10+,11+,12+/m1/s1. The maximum absolute atomic E-state index is 10.6. The molecule has 4 rings (SSSR count). The minimum atomic E-state index is -0.824. The molecule has 5 atom stereocenters. The Balaban J connectivity index is 1.71. The fraction of sp³-hybridized carbons (Fsp3) is 0.500. The number of nitrogens with zero attached hydrogens (tertiary/aromatic N) is 1. The predicted molar refractivity (Wildman–Crippen MR) is 75.9 cm³/mol. The average molecular weight is 315 g/mol. The third-order valence-electron chi connectivity index (χ3n) is 3.40. The summed E-state index contributed by atoms with van der Waals surface area (Å²) in [5.74, 6) is 0.681. The van der Waals surface area contributed by atoms with E-state index in [9.17, 15) is 20.3 Å². The van der Waals surface area contributed by atoms with Crippen LogP contribution in [0.5, 0.6) is 0 Å². The fourth-order valence-electron chi connectivity index (χ4n) is 2.30. The molecule has 2 N–H and O–H groups in total. The van der Waals surface area contributed by atoms with Gasteiger partial charge in [0.15, 0.2) is 0 Å². The molecule has 3 saturated heterocycles. The van der Waals surface area contributed by atoms with Crippen LogP contribution in [-0.2, 0) is 4.74 Å². The number of aliphatic hydroxyl groups is 2. The zero-order chi connectivity index (χ0) is 14.3. The summed E-state index contributed by atoms with van der Waals surface area (Å²) in [6, 6.07) is 6.23. The van der Waals surface area contributed by atoms with E-state index in [4.69, 9.17) is 4.74 Å². The maximum Gasteiger partial charge on any atom is 0.269 e. The van der Waals surface area contributed by atoms with Gasteiger partial charge in [0.1, 0.15) is 11.5 Å². The number of hydrogen-bond donors (Lipinski definition) is 2. The van der Waals surface area contributed by atoms with E-state index in [2.05, 4.69) is 0 Å². The molecule has 0 spiro atoms. The lowest BCUT2D eigenvalue weighted by molar-refractivity contribution is -0.384. The van der Waals surface area contributed by atoms with Crippen molar-refractivity contribution in [2.24, 2.45) is 0 Å². The van der Waals surface area contributed by atoms with E-state index in [1.165, 1.54) is 23.9 Å². The van der Waals surface area contributed by atoms with Crippen LogP contribution in [0, 0.1) is 10.1 Å². The average Bonchev–Trinajstić information content (AvgIpc) is 2.45. The van der Waals surface area contributed by atoms with E-state index in [0.717, 1.165) is 4.90 Å². The van der Waals surface area contributed by atoms with E-state index < -0.39 is 17.1 Å². The zero-order valence-corrected chi connectivity index (χ0v) is 11.9. The molecule has 2 bridgehead atoms. The Labute approximate surface area is 123 Å². The van der Waals surface area contributed by atoms with Gasteiger partial charge in [0, 0.05) is 22.8 Å². The lowest BCUT2D eigenvalue weighted by atomic mass is 10.0. The lowest BCUT2D eigenvalue weighted by Gasteiger charge is -2.47. The number of nitro benzene ring substituents is 1. The summed E-state index contributed by atoms with van der Waals surface area (Å²) in [4.78, 5) is 11.0. The molecule has 3 heterocycles. The van der Waals surface area contributed by atoms with Crippen molar-refractivity contribution in [3.05, 3.63) is 34.4 Å². The molecule has 8 heteroatoms. The Morgan fingerprint density at radius 3 is 2.60 bits per heavy atom. The molecule has 0 amide bonds. The Morgan fingerprint density at radius 2 is 2.00 bits per heavy atom. The molecular weight excluding hydrogens is 302 g/mol. The molecule has 0 saturated carbocycles. The highest BCUT2D eigenvalue weighted by molar-refractivity contribution is 8.03. The van der Waals surface area contributed by atoms with E-state index >= 15 is 0 Å². The van der Waals surface area contributed by atoms with Crippen LogP contribution >= 0.6 is 23.5 Å². The smallest absolute Gasteiger partial charge is 0.269 e. The van der Waals surface area contributed by atoms with Crippen LogP contribution in [0.4, 0.5) is 5.69 Å². The molecule has 20 heavy (non-hydrogen) atoms.